The minimum atomic E-state index is 0. The average molecular weight is 470 g/mol. The van der Waals surface area contributed by atoms with Crippen LogP contribution in [0.1, 0.15) is 18.1 Å². The Hall–Kier alpha value is -2.23. The molecule has 0 saturated heterocycles. The van der Waals surface area contributed by atoms with Gasteiger partial charge in [-0.3, -0.25) is 4.99 Å². The molecule has 2 heterocycles. The van der Waals surface area contributed by atoms with Crippen LogP contribution in [-0.2, 0) is 13.1 Å². The van der Waals surface area contributed by atoms with Gasteiger partial charge in [0.25, 0.3) is 0 Å². The van der Waals surface area contributed by atoms with Gasteiger partial charge in [0.1, 0.15) is 0 Å². The van der Waals surface area contributed by atoms with Crippen LogP contribution >= 0.6 is 24.0 Å². The van der Waals surface area contributed by atoms with Crippen LogP contribution in [0.3, 0.4) is 0 Å². The van der Waals surface area contributed by atoms with Crippen molar-refractivity contribution in [1.29, 1.82) is 0 Å². The van der Waals surface area contributed by atoms with Crippen molar-refractivity contribution in [3.05, 3.63) is 47.7 Å². The van der Waals surface area contributed by atoms with Gasteiger partial charge in [-0.05, 0) is 30.7 Å². The second-order valence-corrected chi connectivity index (χ2v) is 5.37. The zero-order valence-corrected chi connectivity index (χ0v) is 17.2. The summed E-state index contributed by atoms with van der Waals surface area (Å²) >= 11 is 0. The normalized spacial score (nSPS) is 12.3. The summed E-state index contributed by atoms with van der Waals surface area (Å²) in [7, 11) is 1.74. The lowest BCUT2D eigenvalue weighted by atomic mass is 10.2. The second-order valence-electron chi connectivity index (χ2n) is 5.37. The first-order valence-electron chi connectivity index (χ1n) is 8.20. The number of aromatic nitrogens is 1. The molecule has 0 fully saturated rings. The Bertz CT molecular complexity index is 755. The summed E-state index contributed by atoms with van der Waals surface area (Å²) in [6.07, 6.45) is 1.72. The Morgan fingerprint density at radius 1 is 1.19 bits per heavy atom. The highest BCUT2D eigenvalue weighted by molar-refractivity contribution is 14.0. The standard InChI is InChI=1S/C18H22N4O3.HI/c1-3-23-17-14(5-4-8-20-17)11-22-18(19-2)21-10-13-6-7-15-16(9-13)25-12-24-15;/h4-9H,3,10-12H2,1-2H3,(H2,19,21,22);1H. The Balaban J connectivity index is 0.00000243. The van der Waals surface area contributed by atoms with E-state index in [1.807, 2.05) is 37.3 Å². The number of nitrogens with zero attached hydrogens (tertiary/aromatic N) is 2. The first kappa shape index (κ1) is 20.1. The van der Waals surface area contributed by atoms with Crippen molar-refractivity contribution < 1.29 is 14.2 Å². The van der Waals surface area contributed by atoms with E-state index in [-0.39, 0.29) is 30.8 Å². The summed E-state index contributed by atoms with van der Waals surface area (Å²) in [6.45, 7) is 4.01. The highest BCUT2D eigenvalue weighted by Gasteiger charge is 2.13. The molecule has 7 nitrogen and oxygen atoms in total. The van der Waals surface area contributed by atoms with E-state index in [1.165, 1.54) is 0 Å². The molecule has 26 heavy (non-hydrogen) atoms. The summed E-state index contributed by atoms with van der Waals surface area (Å²) in [5.41, 5.74) is 2.07. The number of guanidine groups is 1. The molecule has 140 valence electrons. The molecule has 1 aliphatic rings. The van der Waals surface area contributed by atoms with E-state index in [2.05, 4.69) is 20.6 Å². The zero-order chi connectivity index (χ0) is 17.5. The maximum absolute atomic E-state index is 5.54. The average Bonchev–Trinajstić information content (AvgIpc) is 3.11. The molecule has 0 saturated carbocycles. The predicted octanol–water partition coefficient (Wildman–Crippen LogP) is 2.69. The maximum Gasteiger partial charge on any atom is 0.231 e. The van der Waals surface area contributed by atoms with Gasteiger partial charge in [-0.25, -0.2) is 4.98 Å². The lowest BCUT2D eigenvalue weighted by molar-refractivity contribution is 0.174. The van der Waals surface area contributed by atoms with Crippen LogP contribution in [0.4, 0.5) is 0 Å². The van der Waals surface area contributed by atoms with Gasteiger partial charge in [-0.15, -0.1) is 24.0 Å². The van der Waals surface area contributed by atoms with Gasteiger partial charge in [0.2, 0.25) is 12.7 Å². The zero-order valence-electron chi connectivity index (χ0n) is 14.8. The van der Waals surface area contributed by atoms with Crippen molar-refractivity contribution in [3.8, 4) is 17.4 Å². The lowest BCUT2D eigenvalue weighted by Crippen LogP contribution is -2.36. The largest absolute Gasteiger partial charge is 0.478 e. The SMILES string of the molecule is CCOc1ncccc1CNC(=NC)NCc1ccc2c(c1)OCO2.I. The molecule has 0 aliphatic carbocycles. The molecular formula is C18H23IN4O3. The molecule has 0 atom stereocenters. The summed E-state index contributed by atoms with van der Waals surface area (Å²) in [6, 6.07) is 9.76. The smallest absolute Gasteiger partial charge is 0.231 e. The monoisotopic (exact) mass is 470 g/mol. The molecule has 2 N–H and O–H groups in total. The number of benzene rings is 1. The van der Waals surface area contributed by atoms with Crippen LogP contribution in [0.15, 0.2) is 41.5 Å². The molecule has 0 bridgehead atoms. The van der Waals surface area contributed by atoms with Crippen LogP contribution in [0.25, 0.3) is 0 Å². The summed E-state index contributed by atoms with van der Waals surface area (Å²) in [5.74, 6) is 2.90. The molecule has 3 rings (SSSR count). The fourth-order valence-corrected chi connectivity index (χ4v) is 2.46. The number of pyridine rings is 1. The molecule has 2 aromatic rings. The highest BCUT2D eigenvalue weighted by Crippen LogP contribution is 2.32. The molecule has 1 aromatic heterocycles. The first-order valence-corrected chi connectivity index (χ1v) is 8.20. The third-order valence-corrected chi connectivity index (χ3v) is 3.70. The number of hydrogen-bond acceptors (Lipinski definition) is 5. The van der Waals surface area contributed by atoms with E-state index < -0.39 is 0 Å². The summed E-state index contributed by atoms with van der Waals surface area (Å²) in [5, 5.41) is 6.55. The van der Waals surface area contributed by atoms with E-state index in [0.717, 1.165) is 22.6 Å². The molecule has 8 heteroatoms. The number of nitrogens with one attached hydrogen (secondary N) is 2. The third-order valence-electron chi connectivity index (χ3n) is 3.70. The Labute approximate surface area is 170 Å². The lowest BCUT2D eigenvalue weighted by Gasteiger charge is -2.14. The van der Waals surface area contributed by atoms with Crippen molar-refractivity contribution in [2.75, 3.05) is 20.4 Å². The van der Waals surface area contributed by atoms with Crippen LogP contribution < -0.4 is 24.8 Å². The first-order chi connectivity index (χ1) is 12.3. The van der Waals surface area contributed by atoms with Gasteiger partial charge in [0.15, 0.2) is 17.5 Å². The molecule has 0 radical (unpaired) electrons. The van der Waals surface area contributed by atoms with E-state index in [1.54, 1.807) is 13.2 Å². The van der Waals surface area contributed by atoms with Crippen molar-refractivity contribution in [2.45, 2.75) is 20.0 Å². The van der Waals surface area contributed by atoms with Gasteiger partial charge in [0, 0.05) is 31.9 Å². The van der Waals surface area contributed by atoms with E-state index in [4.69, 9.17) is 14.2 Å². The number of ether oxygens (including phenoxy) is 3. The molecule has 1 aromatic carbocycles. The number of halogens is 1. The van der Waals surface area contributed by atoms with Gasteiger partial charge in [-0.2, -0.15) is 0 Å². The molecule has 0 spiro atoms. The van der Waals surface area contributed by atoms with Crippen LogP contribution in [-0.4, -0.2) is 31.4 Å². The summed E-state index contributed by atoms with van der Waals surface area (Å²) < 4.78 is 16.3. The van der Waals surface area contributed by atoms with Gasteiger partial charge in [-0.1, -0.05) is 12.1 Å². The molecular weight excluding hydrogens is 447 g/mol. The van der Waals surface area contributed by atoms with Gasteiger partial charge in [0.05, 0.1) is 6.61 Å². The molecule has 0 amide bonds. The topological polar surface area (TPSA) is 77.0 Å². The Morgan fingerprint density at radius 2 is 2.00 bits per heavy atom. The quantitative estimate of drug-likeness (QED) is 0.384. The van der Waals surface area contributed by atoms with Crippen molar-refractivity contribution in [3.63, 3.8) is 0 Å². The third kappa shape index (κ3) is 5.13. The van der Waals surface area contributed by atoms with Crippen LogP contribution in [0.2, 0.25) is 0 Å². The minimum Gasteiger partial charge on any atom is -0.478 e. The summed E-state index contributed by atoms with van der Waals surface area (Å²) in [4.78, 5) is 8.49. The van der Waals surface area contributed by atoms with Crippen molar-refractivity contribution in [2.24, 2.45) is 4.99 Å². The van der Waals surface area contributed by atoms with Crippen molar-refractivity contribution >= 4 is 29.9 Å². The van der Waals surface area contributed by atoms with Crippen molar-refractivity contribution in [1.82, 2.24) is 15.6 Å². The number of hydrogen-bond donors (Lipinski definition) is 2. The van der Waals surface area contributed by atoms with Gasteiger partial charge < -0.3 is 24.8 Å². The van der Waals surface area contributed by atoms with Gasteiger partial charge >= 0.3 is 0 Å². The van der Waals surface area contributed by atoms with E-state index in [0.29, 0.717) is 31.5 Å². The Kier molecular flexibility index (Phi) is 7.76. The van der Waals surface area contributed by atoms with Crippen LogP contribution in [0.5, 0.6) is 17.4 Å². The molecule has 0 unspecified atom stereocenters. The van der Waals surface area contributed by atoms with E-state index >= 15 is 0 Å². The fourth-order valence-electron chi connectivity index (χ4n) is 2.46. The second kappa shape index (κ2) is 10.0. The molecule has 1 aliphatic heterocycles. The number of aliphatic imine (C=N–C) groups is 1. The number of rotatable bonds is 6. The maximum atomic E-state index is 5.54. The Morgan fingerprint density at radius 3 is 2.81 bits per heavy atom. The van der Waals surface area contributed by atoms with Crippen LogP contribution in [0, 0.1) is 0 Å². The highest BCUT2D eigenvalue weighted by atomic mass is 127. The fraction of sp³-hybridized carbons (Fsp3) is 0.333. The number of fused-ring (bicyclic) bond motifs is 1. The van der Waals surface area contributed by atoms with E-state index in [9.17, 15) is 0 Å². The predicted molar refractivity (Wildman–Crippen MR) is 110 cm³/mol. The minimum absolute atomic E-state index is 0.